The molecule has 1 aromatic rings. The maximum atomic E-state index is 11.1. The van der Waals surface area contributed by atoms with Crippen LogP contribution in [-0.2, 0) is 0 Å². The Labute approximate surface area is 114 Å². The van der Waals surface area contributed by atoms with E-state index in [-0.39, 0.29) is 11.7 Å². The standard InChI is InChI=1S/C15H21NO3/c1-11(2)16-9-5-6-12(10-16)19-14-8-4-3-7-13(14)15(17)18/h3-4,7-8,11-12H,5-6,9-10H2,1-2H3,(H,17,18). The Hall–Kier alpha value is -1.55. The number of benzene rings is 1. The van der Waals surface area contributed by atoms with Gasteiger partial charge >= 0.3 is 5.97 Å². The normalized spacial score (nSPS) is 20.5. The summed E-state index contributed by atoms with van der Waals surface area (Å²) in [5.41, 5.74) is 0.240. The molecule has 1 saturated heterocycles. The number of hydrogen-bond donors (Lipinski definition) is 1. The molecule has 1 N–H and O–H groups in total. The van der Waals surface area contributed by atoms with Gasteiger partial charge in [-0.05, 0) is 45.4 Å². The van der Waals surface area contributed by atoms with Crippen LogP contribution < -0.4 is 4.74 Å². The van der Waals surface area contributed by atoms with Crippen LogP contribution in [0.15, 0.2) is 24.3 Å². The highest BCUT2D eigenvalue weighted by atomic mass is 16.5. The van der Waals surface area contributed by atoms with E-state index in [0.29, 0.717) is 11.8 Å². The molecule has 0 saturated carbocycles. The number of nitrogens with zero attached hydrogens (tertiary/aromatic N) is 1. The molecule has 104 valence electrons. The maximum absolute atomic E-state index is 11.1. The number of aromatic carboxylic acids is 1. The lowest BCUT2D eigenvalue weighted by Gasteiger charge is -2.35. The van der Waals surface area contributed by atoms with Crippen molar-refractivity contribution in [1.29, 1.82) is 0 Å². The Morgan fingerprint density at radius 1 is 1.42 bits per heavy atom. The molecule has 1 fully saturated rings. The van der Waals surface area contributed by atoms with Crippen molar-refractivity contribution in [3.8, 4) is 5.75 Å². The average Bonchev–Trinajstić information content (AvgIpc) is 2.39. The van der Waals surface area contributed by atoms with Gasteiger partial charge in [0.1, 0.15) is 17.4 Å². The van der Waals surface area contributed by atoms with Gasteiger partial charge < -0.3 is 9.84 Å². The highest BCUT2D eigenvalue weighted by Crippen LogP contribution is 2.23. The molecule has 4 heteroatoms. The zero-order valence-electron chi connectivity index (χ0n) is 11.5. The van der Waals surface area contributed by atoms with E-state index in [4.69, 9.17) is 9.84 Å². The second kappa shape index (κ2) is 6.06. The van der Waals surface area contributed by atoms with E-state index in [2.05, 4.69) is 18.7 Å². The maximum Gasteiger partial charge on any atom is 0.339 e. The van der Waals surface area contributed by atoms with Crippen LogP contribution in [0.4, 0.5) is 0 Å². The number of carbonyl (C=O) groups is 1. The van der Waals surface area contributed by atoms with Gasteiger partial charge in [-0.1, -0.05) is 12.1 Å². The fourth-order valence-electron chi connectivity index (χ4n) is 2.46. The third-order valence-electron chi connectivity index (χ3n) is 3.55. The van der Waals surface area contributed by atoms with E-state index in [9.17, 15) is 4.79 Å². The van der Waals surface area contributed by atoms with Gasteiger partial charge in [0.15, 0.2) is 0 Å². The van der Waals surface area contributed by atoms with Crippen molar-refractivity contribution in [2.45, 2.75) is 38.8 Å². The summed E-state index contributed by atoms with van der Waals surface area (Å²) in [6.07, 6.45) is 2.16. The number of likely N-dealkylation sites (tertiary alicyclic amines) is 1. The summed E-state index contributed by atoms with van der Waals surface area (Å²) < 4.78 is 5.91. The van der Waals surface area contributed by atoms with E-state index in [1.54, 1.807) is 18.2 Å². The summed E-state index contributed by atoms with van der Waals surface area (Å²) in [7, 11) is 0. The molecule has 1 unspecified atom stereocenters. The van der Waals surface area contributed by atoms with Gasteiger partial charge in [0.05, 0.1) is 0 Å². The van der Waals surface area contributed by atoms with Crippen molar-refractivity contribution >= 4 is 5.97 Å². The van der Waals surface area contributed by atoms with Crippen molar-refractivity contribution in [1.82, 2.24) is 4.90 Å². The summed E-state index contributed by atoms with van der Waals surface area (Å²) >= 11 is 0. The fourth-order valence-corrected chi connectivity index (χ4v) is 2.46. The Bertz CT molecular complexity index is 445. The lowest BCUT2D eigenvalue weighted by Crippen LogP contribution is -2.44. The van der Waals surface area contributed by atoms with Crippen molar-refractivity contribution in [3.63, 3.8) is 0 Å². The van der Waals surface area contributed by atoms with Gasteiger partial charge in [-0.2, -0.15) is 0 Å². The van der Waals surface area contributed by atoms with Gasteiger partial charge in [0.2, 0.25) is 0 Å². The Kier molecular flexibility index (Phi) is 4.43. The first-order chi connectivity index (χ1) is 9.08. The Morgan fingerprint density at radius 3 is 2.84 bits per heavy atom. The van der Waals surface area contributed by atoms with Gasteiger partial charge in [0.25, 0.3) is 0 Å². The minimum atomic E-state index is -0.938. The molecule has 0 radical (unpaired) electrons. The van der Waals surface area contributed by atoms with Crippen LogP contribution in [0.5, 0.6) is 5.75 Å². The molecule has 1 aromatic carbocycles. The van der Waals surface area contributed by atoms with E-state index in [1.165, 1.54) is 0 Å². The van der Waals surface area contributed by atoms with Gasteiger partial charge in [0, 0.05) is 12.6 Å². The first-order valence-corrected chi connectivity index (χ1v) is 6.81. The first kappa shape index (κ1) is 13.9. The summed E-state index contributed by atoms with van der Waals surface area (Å²) in [6.45, 7) is 6.31. The van der Waals surface area contributed by atoms with Crippen LogP contribution in [0.25, 0.3) is 0 Å². The predicted molar refractivity (Wildman–Crippen MR) is 73.8 cm³/mol. The van der Waals surface area contributed by atoms with E-state index in [1.807, 2.05) is 6.07 Å². The summed E-state index contributed by atoms with van der Waals surface area (Å²) in [4.78, 5) is 13.5. The van der Waals surface area contributed by atoms with Crippen LogP contribution in [0, 0.1) is 0 Å². The third-order valence-corrected chi connectivity index (χ3v) is 3.55. The molecule has 0 amide bonds. The summed E-state index contributed by atoms with van der Waals surface area (Å²) in [5, 5.41) is 9.14. The predicted octanol–water partition coefficient (Wildman–Crippen LogP) is 2.64. The van der Waals surface area contributed by atoms with Crippen LogP contribution >= 0.6 is 0 Å². The minimum Gasteiger partial charge on any atom is -0.488 e. The Morgan fingerprint density at radius 2 is 2.16 bits per heavy atom. The second-order valence-corrected chi connectivity index (χ2v) is 5.27. The lowest BCUT2D eigenvalue weighted by atomic mass is 10.1. The zero-order chi connectivity index (χ0) is 13.8. The lowest BCUT2D eigenvalue weighted by molar-refractivity contribution is 0.0628. The van der Waals surface area contributed by atoms with Crippen LogP contribution in [0.3, 0.4) is 0 Å². The van der Waals surface area contributed by atoms with Crippen molar-refractivity contribution in [3.05, 3.63) is 29.8 Å². The molecule has 1 aliphatic rings. The molecule has 4 nitrogen and oxygen atoms in total. The minimum absolute atomic E-state index is 0.0802. The molecule has 0 aromatic heterocycles. The summed E-state index contributed by atoms with van der Waals surface area (Å²) in [6, 6.07) is 7.35. The highest BCUT2D eigenvalue weighted by Gasteiger charge is 2.24. The monoisotopic (exact) mass is 263 g/mol. The molecule has 1 atom stereocenters. The topological polar surface area (TPSA) is 49.8 Å². The second-order valence-electron chi connectivity index (χ2n) is 5.27. The van der Waals surface area contributed by atoms with E-state index < -0.39 is 5.97 Å². The van der Waals surface area contributed by atoms with Gasteiger partial charge in [-0.15, -0.1) is 0 Å². The highest BCUT2D eigenvalue weighted by molar-refractivity contribution is 5.90. The number of rotatable bonds is 4. The number of ether oxygens (including phenoxy) is 1. The molecular weight excluding hydrogens is 242 g/mol. The number of piperidine rings is 1. The molecule has 2 rings (SSSR count). The number of para-hydroxylation sites is 1. The number of carboxylic acid groups (broad SMARTS) is 1. The average molecular weight is 263 g/mol. The van der Waals surface area contributed by atoms with Crippen LogP contribution in [0.1, 0.15) is 37.0 Å². The van der Waals surface area contributed by atoms with Crippen LogP contribution in [0.2, 0.25) is 0 Å². The van der Waals surface area contributed by atoms with Crippen molar-refractivity contribution in [2.24, 2.45) is 0 Å². The Balaban J connectivity index is 2.07. The first-order valence-electron chi connectivity index (χ1n) is 6.81. The van der Waals surface area contributed by atoms with E-state index in [0.717, 1.165) is 25.9 Å². The molecule has 1 heterocycles. The fraction of sp³-hybridized carbons (Fsp3) is 0.533. The molecular formula is C15H21NO3. The largest absolute Gasteiger partial charge is 0.488 e. The van der Waals surface area contributed by atoms with Gasteiger partial charge in [-0.25, -0.2) is 4.79 Å². The summed E-state index contributed by atoms with van der Waals surface area (Å²) in [5.74, 6) is -0.460. The smallest absolute Gasteiger partial charge is 0.339 e. The van der Waals surface area contributed by atoms with Gasteiger partial charge in [-0.3, -0.25) is 4.90 Å². The molecule has 0 bridgehead atoms. The van der Waals surface area contributed by atoms with Crippen molar-refractivity contribution < 1.29 is 14.6 Å². The van der Waals surface area contributed by atoms with E-state index >= 15 is 0 Å². The molecule has 0 aliphatic carbocycles. The molecule has 19 heavy (non-hydrogen) atoms. The number of carboxylic acids is 1. The molecule has 1 aliphatic heterocycles. The zero-order valence-corrected chi connectivity index (χ0v) is 11.5. The quantitative estimate of drug-likeness (QED) is 0.907. The number of hydrogen-bond acceptors (Lipinski definition) is 3. The molecule has 0 spiro atoms. The van der Waals surface area contributed by atoms with Crippen molar-refractivity contribution in [2.75, 3.05) is 13.1 Å². The van der Waals surface area contributed by atoms with Crippen LogP contribution in [-0.4, -0.2) is 41.2 Å². The SMILES string of the molecule is CC(C)N1CCCC(Oc2ccccc2C(=O)O)C1. The third kappa shape index (κ3) is 3.47.